The fourth-order valence-corrected chi connectivity index (χ4v) is 1.34. The summed E-state index contributed by atoms with van der Waals surface area (Å²) in [6.07, 6.45) is 5.54. The standard InChI is InChI=1S/C9H12ClN5/c1-8(10)9-7-15(13-12-9)6-5-14-4-2-3-11-14/h2-4,7-8H,5-6H2,1H3. The molecule has 2 aromatic rings. The maximum absolute atomic E-state index is 5.88. The van der Waals surface area contributed by atoms with Crippen LogP contribution in [0.3, 0.4) is 0 Å². The van der Waals surface area contributed by atoms with Crippen molar-refractivity contribution in [1.82, 2.24) is 24.8 Å². The molecule has 0 aliphatic rings. The number of nitrogens with zero attached hydrogens (tertiary/aromatic N) is 5. The molecular formula is C9H12ClN5. The fourth-order valence-electron chi connectivity index (χ4n) is 1.24. The normalized spacial score (nSPS) is 12.9. The Kier molecular flexibility index (Phi) is 3.01. The topological polar surface area (TPSA) is 48.5 Å². The van der Waals surface area contributed by atoms with Crippen LogP contribution in [0, 0.1) is 0 Å². The Bertz CT molecular complexity index is 406. The molecule has 0 radical (unpaired) electrons. The van der Waals surface area contributed by atoms with E-state index in [4.69, 9.17) is 11.6 Å². The van der Waals surface area contributed by atoms with Crippen molar-refractivity contribution in [2.45, 2.75) is 25.4 Å². The molecule has 1 unspecified atom stereocenters. The third-order valence-electron chi connectivity index (χ3n) is 2.08. The van der Waals surface area contributed by atoms with Crippen LogP contribution in [0.5, 0.6) is 0 Å². The first-order chi connectivity index (χ1) is 7.25. The first kappa shape index (κ1) is 10.2. The third kappa shape index (κ3) is 2.56. The summed E-state index contributed by atoms with van der Waals surface area (Å²) in [5.41, 5.74) is 0.803. The van der Waals surface area contributed by atoms with Crippen LogP contribution >= 0.6 is 11.6 Å². The van der Waals surface area contributed by atoms with Crippen LogP contribution in [0.25, 0.3) is 0 Å². The summed E-state index contributed by atoms with van der Waals surface area (Å²) in [5.74, 6) is 0. The minimum Gasteiger partial charge on any atom is -0.271 e. The van der Waals surface area contributed by atoms with Crippen molar-refractivity contribution in [1.29, 1.82) is 0 Å². The molecule has 0 saturated carbocycles. The predicted molar refractivity (Wildman–Crippen MR) is 56.5 cm³/mol. The minimum absolute atomic E-state index is 0.0940. The number of aromatic nitrogens is 5. The van der Waals surface area contributed by atoms with Gasteiger partial charge >= 0.3 is 0 Å². The predicted octanol–water partition coefficient (Wildman–Crippen LogP) is 1.47. The van der Waals surface area contributed by atoms with Crippen molar-refractivity contribution in [3.63, 3.8) is 0 Å². The third-order valence-corrected chi connectivity index (χ3v) is 2.30. The first-order valence-electron chi connectivity index (χ1n) is 4.77. The molecule has 2 heterocycles. The largest absolute Gasteiger partial charge is 0.271 e. The van der Waals surface area contributed by atoms with E-state index in [9.17, 15) is 0 Å². The molecule has 15 heavy (non-hydrogen) atoms. The Morgan fingerprint density at radius 1 is 1.40 bits per heavy atom. The van der Waals surface area contributed by atoms with Crippen LogP contribution in [0.2, 0.25) is 0 Å². The summed E-state index contributed by atoms with van der Waals surface area (Å²) >= 11 is 5.88. The molecule has 6 heteroatoms. The zero-order chi connectivity index (χ0) is 10.7. The molecule has 0 amide bonds. The second kappa shape index (κ2) is 4.44. The lowest BCUT2D eigenvalue weighted by Gasteiger charge is -2.00. The highest BCUT2D eigenvalue weighted by molar-refractivity contribution is 6.20. The van der Waals surface area contributed by atoms with Crippen LogP contribution in [0.1, 0.15) is 18.0 Å². The zero-order valence-electron chi connectivity index (χ0n) is 8.41. The smallest absolute Gasteiger partial charge is 0.100 e. The van der Waals surface area contributed by atoms with Gasteiger partial charge in [0.05, 0.1) is 24.7 Å². The van der Waals surface area contributed by atoms with Gasteiger partial charge in [-0.25, -0.2) is 0 Å². The summed E-state index contributed by atoms with van der Waals surface area (Å²) in [5, 5.41) is 12.0. The fraction of sp³-hybridized carbons (Fsp3) is 0.444. The molecule has 0 aliphatic carbocycles. The number of hydrogen-bond acceptors (Lipinski definition) is 3. The van der Waals surface area contributed by atoms with E-state index in [0.717, 1.165) is 18.8 Å². The summed E-state index contributed by atoms with van der Waals surface area (Å²) in [4.78, 5) is 0. The van der Waals surface area contributed by atoms with Gasteiger partial charge in [0.15, 0.2) is 0 Å². The van der Waals surface area contributed by atoms with Crippen molar-refractivity contribution < 1.29 is 0 Å². The van der Waals surface area contributed by atoms with Gasteiger partial charge in [-0.1, -0.05) is 5.21 Å². The van der Waals surface area contributed by atoms with Crippen LogP contribution in [0.15, 0.2) is 24.7 Å². The Morgan fingerprint density at radius 2 is 2.20 bits per heavy atom. The molecule has 1 atom stereocenters. The van der Waals surface area contributed by atoms with Gasteiger partial charge in [-0.15, -0.1) is 16.7 Å². The van der Waals surface area contributed by atoms with Crippen molar-refractivity contribution in [2.75, 3.05) is 0 Å². The molecule has 0 N–H and O–H groups in total. The molecule has 0 saturated heterocycles. The van der Waals surface area contributed by atoms with Gasteiger partial charge in [-0.3, -0.25) is 9.36 Å². The Balaban J connectivity index is 1.94. The molecule has 0 fully saturated rings. The lowest BCUT2D eigenvalue weighted by molar-refractivity contribution is 0.490. The Morgan fingerprint density at radius 3 is 2.80 bits per heavy atom. The second-order valence-corrected chi connectivity index (χ2v) is 3.95. The van der Waals surface area contributed by atoms with Gasteiger partial charge in [0.1, 0.15) is 5.69 Å². The van der Waals surface area contributed by atoms with Gasteiger partial charge < -0.3 is 0 Å². The van der Waals surface area contributed by atoms with E-state index in [0.29, 0.717) is 0 Å². The van der Waals surface area contributed by atoms with E-state index in [1.54, 1.807) is 10.9 Å². The van der Waals surface area contributed by atoms with Crippen LogP contribution in [-0.4, -0.2) is 24.8 Å². The molecule has 0 aromatic carbocycles. The van der Waals surface area contributed by atoms with Crippen molar-refractivity contribution in [3.8, 4) is 0 Å². The maximum atomic E-state index is 5.88. The highest BCUT2D eigenvalue weighted by Crippen LogP contribution is 2.15. The lowest BCUT2D eigenvalue weighted by atomic mass is 10.4. The SMILES string of the molecule is CC(Cl)c1cn(CCn2cccn2)nn1. The quantitative estimate of drug-likeness (QED) is 0.741. The van der Waals surface area contributed by atoms with Crippen molar-refractivity contribution >= 4 is 11.6 Å². The van der Waals surface area contributed by atoms with Crippen LogP contribution in [-0.2, 0) is 13.1 Å². The van der Waals surface area contributed by atoms with Crippen molar-refractivity contribution in [2.24, 2.45) is 0 Å². The molecule has 0 bridgehead atoms. The number of halogens is 1. The van der Waals surface area contributed by atoms with E-state index in [1.165, 1.54) is 0 Å². The molecule has 2 rings (SSSR count). The van der Waals surface area contributed by atoms with E-state index in [-0.39, 0.29) is 5.38 Å². The van der Waals surface area contributed by atoms with E-state index < -0.39 is 0 Å². The molecule has 80 valence electrons. The lowest BCUT2D eigenvalue weighted by Crippen LogP contribution is -2.08. The van der Waals surface area contributed by atoms with Gasteiger partial charge in [0, 0.05) is 12.4 Å². The first-order valence-corrected chi connectivity index (χ1v) is 5.21. The summed E-state index contributed by atoms with van der Waals surface area (Å²) in [7, 11) is 0. The average molecular weight is 226 g/mol. The monoisotopic (exact) mass is 225 g/mol. The summed E-state index contributed by atoms with van der Waals surface area (Å²) < 4.78 is 3.63. The molecule has 2 aromatic heterocycles. The Labute approximate surface area is 92.7 Å². The van der Waals surface area contributed by atoms with Gasteiger partial charge in [0.25, 0.3) is 0 Å². The molecule has 0 spiro atoms. The number of alkyl halides is 1. The number of rotatable bonds is 4. The highest BCUT2D eigenvalue weighted by Gasteiger charge is 2.06. The van der Waals surface area contributed by atoms with Crippen LogP contribution in [0.4, 0.5) is 0 Å². The zero-order valence-corrected chi connectivity index (χ0v) is 9.17. The van der Waals surface area contributed by atoms with E-state index in [2.05, 4.69) is 15.4 Å². The van der Waals surface area contributed by atoms with Gasteiger partial charge in [-0.05, 0) is 13.0 Å². The van der Waals surface area contributed by atoms with E-state index in [1.807, 2.05) is 30.1 Å². The number of hydrogen-bond donors (Lipinski definition) is 0. The molecule has 5 nitrogen and oxygen atoms in total. The molecular weight excluding hydrogens is 214 g/mol. The van der Waals surface area contributed by atoms with Gasteiger partial charge in [-0.2, -0.15) is 5.10 Å². The average Bonchev–Trinajstić information content (AvgIpc) is 2.86. The second-order valence-electron chi connectivity index (χ2n) is 3.29. The van der Waals surface area contributed by atoms with E-state index >= 15 is 0 Å². The van der Waals surface area contributed by atoms with Crippen LogP contribution < -0.4 is 0 Å². The van der Waals surface area contributed by atoms with Gasteiger partial charge in [0.2, 0.25) is 0 Å². The molecule has 0 aliphatic heterocycles. The summed E-state index contributed by atoms with van der Waals surface area (Å²) in [6, 6.07) is 1.90. The number of aryl methyl sites for hydroxylation is 2. The minimum atomic E-state index is -0.0940. The summed E-state index contributed by atoms with van der Waals surface area (Å²) in [6.45, 7) is 3.41. The maximum Gasteiger partial charge on any atom is 0.100 e. The Hall–Kier alpha value is -1.36. The highest BCUT2D eigenvalue weighted by atomic mass is 35.5. The van der Waals surface area contributed by atoms with Crippen molar-refractivity contribution in [3.05, 3.63) is 30.4 Å².